The molecule has 0 radical (unpaired) electrons. The number of ether oxygens (including phenoxy) is 2. The van der Waals surface area contributed by atoms with E-state index >= 15 is 0 Å². The number of carboxylic acids is 2. The van der Waals surface area contributed by atoms with Gasteiger partial charge in [0.05, 0.1) is 13.2 Å². The van der Waals surface area contributed by atoms with Crippen molar-refractivity contribution in [1.29, 1.82) is 0 Å². The molecule has 0 heterocycles. The molecule has 0 aliphatic heterocycles. The molecule has 0 saturated carbocycles. The summed E-state index contributed by atoms with van der Waals surface area (Å²) in [5, 5.41) is 16.8. The first-order chi connectivity index (χ1) is 11.1. The molecule has 0 atom stereocenters. The fraction of sp³-hybridized carbons (Fsp3) is 0.500. The van der Waals surface area contributed by atoms with Crippen LogP contribution in [-0.4, -0.2) is 47.3 Å². The summed E-state index contributed by atoms with van der Waals surface area (Å²) < 4.78 is 9.29. The first kappa shape index (κ1) is 23.6. The van der Waals surface area contributed by atoms with Gasteiger partial charge in [0.25, 0.3) is 0 Å². The molecule has 136 valence electrons. The summed E-state index contributed by atoms with van der Waals surface area (Å²) in [6.07, 6.45) is 2.61. The summed E-state index contributed by atoms with van der Waals surface area (Å²) in [5.41, 5.74) is 0.588. The van der Waals surface area contributed by atoms with Gasteiger partial charge in [-0.3, -0.25) is 9.59 Å². The second-order valence-corrected chi connectivity index (χ2v) is 4.44. The Morgan fingerprint density at radius 2 is 1.42 bits per heavy atom. The van der Waals surface area contributed by atoms with Crippen molar-refractivity contribution in [2.45, 2.75) is 34.6 Å². The lowest BCUT2D eigenvalue weighted by atomic mass is 10.0. The summed E-state index contributed by atoms with van der Waals surface area (Å²) in [5.74, 6) is -5.06. The van der Waals surface area contributed by atoms with Crippen LogP contribution < -0.4 is 0 Å². The summed E-state index contributed by atoms with van der Waals surface area (Å²) in [6, 6.07) is 0. The fourth-order valence-corrected chi connectivity index (χ4v) is 1.33. The summed E-state index contributed by atoms with van der Waals surface area (Å²) in [4.78, 5) is 42.5. The Morgan fingerprint density at radius 1 is 0.958 bits per heavy atom. The largest absolute Gasteiger partial charge is 0.480 e. The zero-order valence-corrected chi connectivity index (χ0v) is 14.5. The zero-order valence-electron chi connectivity index (χ0n) is 14.5. The molecule has 0 rings (SSSR count). The minimum atomic E-state index is -1.40. The van der Waals surface area contributed by atoms with E-state index in [1.54, 1.807) is 20.8 Å². The van der Waals surface area contributed by atoms with Crippen molar-refractivity contribution >= 4 is 23.9 Å². The standard InChI is InChI=1S/C9H14O4.C7H10O4/c1-4-12-8(10)6-7(3)9(11)13-5-2;1-3-4(2)5(6(8)9)7(10)11/h6H,4-5H2,1-3H3;3,5H,1-2H3,(H,8,9)(H,10,11)/b7-6+;4-3+. The molecule has 0 aromatic rings. The number of rotatable bonds is 7. The molecule has 0 bridgehead atoms. The van der Waals surface area contributed by atoms with Crippen molar-refractivity contribution in [3.63, 3.8) is 0 Å². The highest BCUT2D eigenvalue weighted by Gasteiger charge is 2.26. The van der Waals surface area contributed by atoms with Crippen molar-refractivity contribution in [2.24, 2.45) is 5.92 Å². The van der Waals surface area contributed by atoms with E-state index in [0.29, 0.717) is 18.8 Å². The molecule has 0 unspecified atom stereocenters. The van der Waals surface area contributed by atoms with Crippen LogP contribution in [0.25, 0.3) is 0 Å². The molecule has 0 fully saturated rings. The van der Waals surface area contributed by atoms with Gasteiger partial charge in [-0.2, -0.15) is 0 Å². The maximum atomic E-state index is 11.0. The Hall–Kier alpha value is -2.64. The molecule has 0 amide bonds. The molecular weight excluding hydrogens is 320 g/mol. The third-order valence-corrected chi connectivity index (χ3v) is 2.62. The Kier molecular flexibility index (Phi) is 12.7. The van der Waals surface area contributed by atoms with Crippen LogP contribution in [0, 0.1) is 5.92 Å². The molecule has 2 N–H and O–H groups in total. The molecule has 0 saturated heterocycles. The van der Waals surface area contributed by atoms with Crippen LogP contribution in [0.4, 0.5) is 0 Å². The van der Waals surface area contributed by atoms with Crippen LogP contribution in [0.5, 0.6) is 0 Å². The van der Waals surface area contributed by atoms with E-state index in [1.807, 2.05) is 0 Å². The zero-order chi connectivity index (χ0) is 19.3. The topological polar surface area (TPSA) is 127 Å². The predicted octanol–water partition coefficient (Wildman–Crippen LogP) is 1.80. The Balaban J connectivity index is 0. The minimum Gasteiger partial charge on any atom is -0.480 e. The van der Waals surface area contributed by atoms with Crippen molar-refractivity contribution in [1.82, 2.24) is 0 Å². The van der Waals surface area contributed by atoms with Crippen LogP contribution in [0.2, 0.25) is 0 Å². The number of hydrogen-bond acceptors (Lipinski definition) is 6. The van der Waals surface area contributed by atoms with E-state index in [2.05, 4.69) is 9.47 Å². The lowest BCUT2D eigenvalue weighted by molar-refractivity contribution is -0.152. The van der Waals surface area contributed by atoms with E-state index in [9.17, 15) is 19.2 Å². The van der Waals surface area contributed by atoms with Gasteiger partial charge in [-0.05, 0) is 34.6 Å². The van der Waals surface area contributed by atoms with Gasteiger partial charge in [0, 0.05) is 11.6 Å². The number of hydrogen-bond donors (Lipinski definition) is 2. The van der Waals surface area contributed by atoms with Gasteiger partial charge in [0.2, 0.25) is 0 Å². The molecule has 24 heavy (non-hydrogen) atoms. The van der Waals surface area contributed by atoms with E-state index in [-0.39, 0.29) is 5.57 Å². The highest BCUT2D eigenvalue weighted by atomic mass is 16.5. The van der Waals surface area contributed by atoms with Crippen LogP contribution in [0.1, 0.15) is 34.6 Å². The van der Waals surface area contributed by atoms with Crippen LogP contribution in [-0.2, 0) is 28.7 Å². The minimum absolute atomic E-state index is 0.250. The molecule has 8 heteroatoms. The Labute approximate surface area is 140 Å². The van der Waals surface area contributed by atoms with Crippen molar-refractivity contribution in [3.8, 4) is 0 Å². The SMILES string of the molecule is C/C=C(\C)C(C(=O)O)C(=O)O.CCOC(=O)/C=C(\C)C(=O)OCC. The third-order valence-electron chi connectivity index (χ3n) is 2.62. The first-order valence-electron chi connectivity index (χ1n) is 7.22. The molecule has 0 aromatic carbocycles. The summed E-state index contributed by atoms with van der Waals surface area (Å²) in [6.45, 7) is 8.59. The van der Waals surface area contributed by atoms with Gasteiger partial charge in [-0.15, -0.1) is 0 Å². The second kappa shape index (κ2) is 12.9. The second-order valence-electron chi connectivity index (χ2n) is 4.44. The van der Waals surface area contributed by atoms with E-state index in [4.69, 9.17) is 10.2 Å². The molecule has 0 aromatic heterocycles. The average molecular weight is 344 g/mol. The van der Waals surface area contributed by atoms with Crippen LogP contribution in [0.15, 0.2) is 23.3 Å². The van der Waals surface area contributed by atoms with Gasteiger partial charge >= 0.3 is 23.9 Å². The van der Waals surface area contributed by atoms with E-state index in [1.165, 1.54) is 19.9 Å². The lowest BCUT2D eigenvalue weighted by Crippen LogP contribution is -2.24. The lowest BCUT2D eigenvalue weighted by Gasteiger charge is -2.05. The van der Waals surface area contributed by atoms with Gasteiger partial charge in [0.1, 0.15) is 0 Å². The quantitative estimate of drug-likeness (QED) is 0.310. The summed E-state index contributed by atoms with van der Waals surface area (Å²) >= 11 is 0. The number of aliphatic carboxylic acids is 2. The number of esters is 2. The molecular formula is C16H24O8. The van der Waals surface area contributed by atoms with E-state index in [0.717, 1.165) is 6.08 Å². The molecule has 8 nitrogen and oxygen atoms in total. The third kappa shape index (κ3) is 10.1. The maximum absolute atomic E-state index is 11.0. The van der Waals surface area contributed by atoms with Crippen molar-refractivity contribution < 1.29 is 38.9 Å². The highest BCUT2D eigenvalue weighted by Crippen LogP contribution is 2.10. The smallest absolute Gasteiger partial charge is 0.333 e. The predicted molar refractivity (Wildman–Crippen MR) is 85.2 cm³/mol. The molecule has 0 spiro atoms. The monoisotopic (exact) mass is 344 g/mol. The van der Waals surface area contributed by atoms with Crippen LogP contribution in [0.3, 0.4) is 0 Å². The Morgan fingerprint density at radius 3 is 1.71 bits per heavy atom. The van der Waals surface area contributed by atoms with Gasteiger partial charge in [0.15, 0.2) is 5.92 Å². The fourth-order valence-electron chi connectivity index (χ4n) is 1.33. The molecule has 0 aliphatic rings. The van der Waals surface area contributed by atoms with Crippen LogP contribution >= 0.6 is 0 Å². The van der Waals surface area contributed by atoms with Crippen molar-refractivity contribution in [3.05, 3.63) is 23.3 Å². The number of carboxylic acid groups (broad SMARTS) is 2. The highest BCUT2D eigenvalue weighted by molar-refractivity contribution is 5.96. The maximum Gasteiger partial charge on any atom is 0.333 e. The van der Waals surface area contributed by atoms with Gasteiger partial charge < -0.3 is 19.7 Å². The molecule has 0 aliphatic carbocycles. The van der Waals surface area contributed by atoms with Crippen molar-refractivity contribution in [2.75, 3.05) is 13.2 Å². The number of carbonyl (C=O) groups excluding carboxylic acids is 2. The number of allylic oxidation sites excluding steroid dienone is 1. The van der Waals surface area contributed by atoms with Gasteiger partial charge in [-0.1, -0.05) is 11.6 Å². The average Bonchev–Trinajstić information content (AvgIpc) is 2.47. The summed E-state index contributed by atoms with van der Waals surface area (Å²) in [7, 11) is 0. The number of carbonyl (C=O) groups is 4. The first-order valence-corrected chi connectivity index (χ1v) is 7.22. The Bertz CT molecular complexity index is 502. The normalized spacial score (nSPS) is 11.2. The van der Waals surface area contributed by atoms with Gasteiger partial charge in [-0.25, -0.2) is 9.59 Å². The van der Waals surface area contributed by atoms with E-state index < -0.39 is 29.8 Å².